The third kappa shape index (κ3) is 8.39. The van der Waals surface area contributed by atoms with Crippen LogP contribution in [0.4, 0.5) is 5.95 Å². The number of methoxy groups -OCH3 is 1. The summed E-state index contributed by atoms with van der Waals surface area (Å²) in [5, 5.41) is 15.0. The maximum absolute atomic E-state index is 13.6. The Kier molecular flexibility index (Phi) is 12.2. The van der Waals surface area contributed by atoms with E-state index < -0.39 is 29.7 Å². The molecule has 1 aromatic heterocycles. The monoisotopic (exact) mass is 888 g/mol. The number of anilines is 1. The zero-order valence-electron chi connectivity index (χ0n) is 38.8. The fourth-order valence-corrected chi connectivity index (χ4v) is 11.2. The van der Waals surface area contributed by atoms with Crippen molar-refractivity contribution in [2.24, 2.45) is 16.7 Å². The Labute approximate surface area is 380 Å². The average molecular weight is 889 g/mol. The molecule has 2 N–H and O–H groups in total. The molecule has 16 nitrogen and oxygen atoms in total. The van der Waals surface area contributed by atoms with Crippen molar-refractivity contribution in [3.05, 3.63) is 70.0 Å². The van der Waals surface area contributed by atoms with Gasteiger partial charge in [0.05, 0.1) is 35.4 Å². The van der Waals surface area contributed by atoms with Gasteiger partial charge in [-0.2, -0.15) is 5.26 Å². The molecule has 2 saturated carbocycles. The maximum Gasteiger partial charge on any atom is 0.266 e. The molecule has 5 amide bonds. The summed E-state index contributed by atoms with van der Waals surface area (Å²) in [4.78, 5) is 79.7. The number of imide groups is 2. The van der Waals surface area contributed by atoms with Gasteiger partial charge in [0.25, 0.3) is 17.7 Å². The van der Waals surface area contributed by atoms with E-state index >= 15 is 0 Å². The highest BCUT2D eigenvalue weighted by molar-refractivity contribution is 6.24. The number of aryl methyl sites for hydroxylation is 2. The van der Waals surface area contributed by atoms with Gasteiger partial charge in [0.15, 0.2) is 0 Å². The summed E-state index contributed by atoms with van der Waals surface area (Å²) >= 11 is 0. The zero-order chi connectivity index (χ0) is 46.7. The molecular weight excluding hydrogens is 829 g/mol. The molecule has 344 valence electrons. The van der Waals surface area contributed by atoms with Gasteiger partial charge in [0.1, 0.15) is 35.5 Å². The van der Waals surface area contributed by atoms with Crippen molar-refractivity contribution in [1.82, 2.24) is 30.4 Å². The molecule has 3 aromatic rings. The van der Waals surface area contributed by atoms with Gasteiger partial charge >= 0.3 is 0 Å². The number of amides is 5. The Bertz CT molecular complexity index is 2410. The molecule has 4 fully saturated rings. The van der Waals surface area contributed by atoms with E-state index in [1.54, 1.807) is 24.5 Å². The van der Waals surface area contributed by atoms with Gasteiger partial charge < -0.3 is 24.4 Å². The predicted octanol–water partition coefficient (Wildman–Crippen LogP) is 5.52. The lowest BCUT2D eigenvalue weighted by Crippen LogP contribution is -2.74. The lowest BCUT2D eigenvalue weighted by atomic mass is 9.49. The van der Waals surface area contributed by atoms with Crippen molar-refractivity contribution in [2.45, 2.75) is 130 Å². The maximum atomic E-state index is 13.6. The van der Waals surface area contributed by atoms with Crippen LogP contribution in [-0.4, -0.2) is 112 Å². The van der Waals surface area contributed by atoms with E-state index in [9.17, 15) is 29.2 Å². The summed E-state index contributed by atoms with van der Waals surface area (Å²) in [5.41, 5.74) is 2.31. The molecular formula is C49H60N8O8. The van der Waals surface area contributed by atoms with Crippen LogP contribution in [0.25, 0.3) is 0 Å². The number of rotatable bonds is 13. The first-order valence-electron chi connectivity index (χ1n) is 22.7. The number of hydrogen-bond acceptors (Lipinski definition) is 13. The molecule has 0 spiro atoms. The largest absolute Gasteiger partial charge is 0.496 e. The second-order valence-electron chi connectivity index (χ2n) is 19.9. The fourth-order valence-electron chi connectivity index (χ4n) is 11.2. The second kappa shape index (κ2) is 17.4. The number of piperidine rings is 2. The third-order valence-corrected chi connectivity index (χ3v) is 14.5. The molecule has 16 heteroatoms. The number of nitrogens with zero attached hydrogens (tertiary/aromatic N) is 6. The number of nitriles is 1. The lowest BCUT2D eigenvalue weighted by Gasteiger charge is -2.63. The molecule has 0 bridgehead atoms. The minimum Gasteiger partial charge on any atom is -0.496 e. The first kappa shape index (κ1) is 45.5. The van der Waals surface area contributed by atoms with Crippen LogP contribution in [0.2, 0.25) is 0 Å². The van der Waals surface area contributed by atoms with Crippen LogP contribution in [0.5, 0.6) is 17.2 Å². The van der Waals surface area contributed by atoms with Crippen molar-refractivity contribution >= 4 is 35.5 Å². The van der Waals surface area contributed by atoms with Crippen molar-refractivity contribution in [2.75, 3.05) is 31.6 Å². The standard InChI is InChI=1S/C49H60N8O8/c1-26(2)56(31-18-33(19-31)64-34-20-35-40(38(21-34)63-9)44(62)57(43(35)61)37-10-11-39(58)53-42(37)60)25-29-12-14-55(15-13-29)47-51-23-30(24-52-47)41(59)54-45-48(5,6)46(49(45,7)8)65-32-16-27(3)36(22-50)28(4)17-32/h16-17,20-21,23-24,26,29,31,33,37,45-46H,10-15,18-19,25H2,1-9H3,(H,54,59)(H,53,58,60)/t31?,33?,37-,45?,46?/m1/s1. The summed E-state index contributed by atoms with van der Waals surface area (Å²) < 4.78 is 18.4. The van der Waals surface area contributed by atoms with Gasteiger partial charge in [0.2, 0.25) is 17.8 Å². The molecule has 1 atom stereocenters. The SMILES string of the molecule is COc1cc(OC2CC(N(CC3CCN(c4ncc(C(=O)NC5C(C)(C)C(Oc6cc(C)c(C#N)c(C)c6)C5(C)C)cn4)CC3)C(C)C)C2)cc2c1C(=O)N([C@@H]1CCC(=O)NC1=O)C2=O. The van der Waals surface area contributed by atoms with Gasteiger partial charge in [0, 0.05) is 86.3 Å². The number of benzene rings is 2. The topological polar surface area (TPSA) is 196 Å². The van der Waals surface area contributed by atoms with Crippen molar-refractivity contribution in [1.29, 1.82) is 5.26 Å². The van der Waals surface area contributed by atoms with Gasteiger partial charge in [-0.3, -0.25) is 39.1 Å². The van der Waals surface area contributed by atoms with E-state index in [4.69, 9.17) is 14.2 Å². The molecule has 3 aliphatic heterocycles. The quantitative estimate of drug-likeness (QED) is 0.204. The molecule has 2 saturated heterocycles. The van der Waals surface area contributed by atoms with E-state index in [0.717, 1.165) is 67.1 Å². The van der Waals surface area contributed by atoms with Crippen LogP contribution >= 0.6 is 0 Å². The number of carbonyl (C=O) groups is 5. The van der Waals surface area contributed by atoms with Crippen LogP contribution in [0.1, 0.15) is 128 Å². The second-order valence-corrected chi connectivity index (χ2v) is 19.9. The van der Waals surface area contributed by atoms with Crippen LogP contribution in [0.15, 0.2) is 36.7 Å². The fraction of sp³-hybridized carbons (Fsp3) is 0.551. The number of hydrogen-bond donors (Lipinski definition) is 2. The number of ether oxygens (including phenoxy) is 3. The van der Waals surface area contributed by atoms with E-state index in [1.807, 2.05) is 26.0 Å². The molecule has 8 rings (SSSR count). The van der Waals surface area contributed by atoms with Crippen LogP contribution in [0, 0.1) is 41.9 Å². The van der Waals surface area contributed by atoms with E-state index in [1.165, 1.54) is 7.11 Å². The third-order valence-electron chi connectivity index (χ3n) is 14.5. The van der Waals surface area contributed by atoms with E-state index in [0.29, 0.717) is 40.8 Å². The zero-order valence-corrected chi connectivity index (χ0v) is 38.8. The summed E-state index contributed by atoms with van der Waals surface area (Å²) in [6.45, 7) is 19.3. The highest BCUT2D eigenvalue weighted by Crippen LogP contribution is 2.55. The van der Waals surface area contributed by atoms with Crippen molar-refractivity contribution < 1.29 is 38.2 Å². The highest BCUT2D eigenvalue weighted by atomic mass is 16.5. The molecule has 2 aliphatic carbocycles. The average Bonchev–Trinajstić information content (AvgIpc) is 3.50. The van der Waals surface area contributed by atoms with Crippen molar-refractivity contribution in [3.8, 4) is 23.3 Å². The van der Waals surface area contributed by atoms with Crippen molar-refractivity contribution in [3.63, 3.8) is 0 Å². The Morgan fingerprint density at radius 2 is 1.57 bits per heavy atom. The van der Waals surface area contributed by atoms with Crippen LogP contribution in [-0.2, 0) is 9.59 Å². The number of aromatic nitrogens is 2. The van der Waals surface area contributed by atoms with Gasteiger partial charge in [-0.05, 0) is 82.2 Å². The first-order chi connectivity index (χ1) is 30.8. The highest BCUT2D eigenvalue weighted by Gasteiger charge is 2.64. The summed E-state index contributed by atoms with van der Waals surface area (Å²) in [7, 11) is 1.42. The van der Waals surface area contributed by atoms with E-state index in [-0.39, 0.29) is 64.7 Å². The summed E-state index contributed by atoms with van der Waals surface area (Å²) in [6.07, 6.45) is 6.66. The van der Waals surface area contributed by atoms with Gasteiger partial charge in [-0.15, -0.1) is 0 Å². The Hall–Kier alpha value is -6.08. The first-order valence-corrected chi connectivity index (χ1v) is 22.7. The molecule has 2 aromatic carbocycles. The van der Waals surface area contributed by atoms with Gasteiger partial charge in [-0.1, -0.05) is 27.7 Å². The minimum absolute atomic E-state index is 0.0403. The van der Waals surface area contributed by atoms with Crippen LogP contribution in [0.3, 0.4) is 0 Å². The lowest BCUT2D eigenvalue weighted by molar-refractivity contribution is -0.164. The minimum atomic E-state index is -1.07. The molecule has 65 heavy (non-hydrogen) atoms. The Morgan fingerprint density at radius 1 is 0.938 bits per heavy atom. The Balaban J connectivity index is 0.813. The smallest absolute Gasteiger partial charge is 0.266 e. The predicted molar refractivity (Wildman–Crippen MR) is 240 cm³/mol. The summed E-state index contributed by atoms with van der Waals surface area (Å²) in [5.74, 6) is -0.0985. The number of carbonyl (C=O) groups excluding carboxylic acids is 5. The van der Waals surface area contributed by atoms with Crippen LogP contribution < -0.4 is 29.7 Å². The van der Waals surface area contributed by atoms with Gasteiger partial charge in [-0.25, -0.2) is 9.97 Å². The Morgan fingerprint density at radius 3 is 2.15 bits per heavy atom. The molecule has 5 aliphatic rings. The van der Waals surface area contributed by atoms with E-state index in [2.05, 4.69) is 78.0 Å². The normalized spacial score (nSPS) is 24.8. The summed E-state index contributed by atoms with van der Waals surface area (Å²) in [6, 6.07) is 8.68. The molecule has 4 heterocycles. The number of fused-ring (bicyclic) bond motifs is 1. The molecule has 0 radical (unpaired) electrons. The number of nitrogens with one attached hydrogen (secondary N) is 2. The molecule has 0 unspecified atom stereocenters.